The summed E-state index contributed by atoms with van der Waals surface area (Å²) < 4.78 is 0. The molecule has 2 N–H and O–H groups in total. The van der Waals surface area contributed by atoms with Gasteiger partial charge in [-0.2, -0.15) is 0 Å². The van der Waals surface area contributed by atoms with Gasteiger partial charge in [-0.1, -0.05) is 42.3 Å². The summed E-state index contributed by atoms with van der Waals surface area (Å²) >= 11 is 0. The number of aryl methyl sites for hydroxylation is 1. The third-order valence-corrected chi connectivity index (χ3v) is 7.80. The van der Waals surface area contributed by atoms with Crippen molar-refractivity contribution >= 4 is 5.91 Å². The van der Waals surface area contributed by atoms with Crippen LogP contribution in [0.15, 0.2) is 48.5 Å². The second-order valence-corrected chi connectivity index (χ2v) is 10.4. The van der Waals surface area contributed by atoms with E-state index in [1.54, 1.807) is 0 Å². The van der Waals surface area contributed by atoms with E-state index in [4.69, 9.17) is 0 Å². The highest BCUT2D eigenvalue weighted by Crippen LogP contribution is 2.54. The monoisotopic (exact) mass is 458 g/mol. The molecule has 4 heteroatoms. The maximum atomic E-state index is 12.8. The SMILES string of the molecule is CC#C[C@@]1(O)CC[C@@]2(Cc3ccccc3)c3ccc(C(=O)NCCCN(C)C)cc3CC[C@@H]2C1. The highest BCUT2D eigenvalue weighted by Gasteiger charge is 2.51. The van der Waals surface area contributed by atoms with Gasteiger partial charge in [0.2, 0.25) is 0 Å². The number of rotatable bonds is 7. The summed E-state index contributed by atoms with van der Waals surface area (Å²) in [5.41, 5.74) is 3.82. The average molecular weight is 459 g/mol. The van der Waals surface area contributed by atoms with Crippen molar-refractivity contribution < 1.29 is 9.90 Å². The van der Waals surface area contributed by atoms with Crippen LogP contribution < -0.4 is 5.32 Å². The van der Waals surface area contributed by atoms with Crippen molar-refractivity contribution in [3.05, 3.63) is 70.8 Å². The summed E-state index contributed by atoms with van der Waals surface area (Å²) in [5.74, 6) is 6.44. The minimum Gasteiger partial charge on any atom is -0.378 e. The zero-order valence-electron chi connectivity index (χ0n) is 20.9. The first-order valence-electron chi connectivity index (χ1n) is 12.6. The maximum Gasteiger partial charge on any atom is 0.251 e. The van der Waals surface area contributed by atoms with Crippen LogP contribution in [0.25, 0.3) is 0 Å². The predicted octanol–water partition coefficient (Wildman–Crippen LogP) is 4.35. The van der Waals surface area contributed by atoms with Gasteiger partial charge in [-0.05, 0) is 107 Å². The third kappa shape index (κ3) is 5.22. The molecule has 0 aliphatic heterocycles. The van der Waals surface area contributed by atoms with Gasteiger partial charge in [0.05, 0.1) is 0 Å². The fourth-order valence-corrected chi connectivity index (χ4v) is 6.16. The molecule has 4 nitrogen and oxygen atoms in total. The van der Waals surface area contributed by atoms with Gasteiger partial charge in [0, 0.05) is 17.5 Å². The first-order valence-corrected chi connectivity index (χ1v) is 12.6. The van der Waals surface area contributed by atoms with Crippen LogP contribution in [0, 0.1) is 17.8 Å². The molecule has 1 saturated carbocycles. The Bertz CT molecular complexity index is 1070. The number of nitrogens with one attached hydrogen (secondary N) is 1. The molecule has 0 bridgehead atoms. The number of hydrogen-bond donors (Lipinski definition) is 2. The van der Waals surface area contributed by atoms with E-state index < -0.39 is 5.60 Å². The molecule has 2 aromatic rings. The average Bonchev–Trinajstić information content (AvgIpc) is 2.82. The summed E-state index contributed by atoms with van der Waals surface area (Å²) in [5, 5.41) is 14.2. The number of carbonyl (C=O) groups is 1. The summed E-state index contributed by atoms with van der Waals surface area (Å²) in [6.07, 6.45) is 6.15. The molecular weight excluding hydrogens is 420 g/mol. The van der Waals surface area contributed by atoms with Crippen molar-refractivity contribution in [2.75, 3.05) is 27.2 Å². The summed E-state index contributed by atoms with van der Waals surface area (Å²) in [7, 11) is 4.09. The van der Waals surface area contributed by atoms with Crippen LogP contribution >= 0.6 is 0 Å². The Kier molecular flexibility index (Phi) is 7.45. The largest absolute Gasteiger partial charge is 0.378 e. The fraction of sp³-hybridized carbons (Fsp3) is 0.500. The van der Waals surface area contributed by atoms with Crippen molar-refractivity contribution in [1.82, 2.24) is 10.2 Å². The molecule has 2 aromatic carbocycles. The lowest BCUT2D eigenvalue weighted by atomic mass is 9.52. The van der Waals surface area contributed by atoms with Crippen molar-refractivity contribution in [2.24, 2.45) is 5.92 Å². The number of aliphatic hydroxyl groups is 1. The molecule has 2 aliphatic carbocycles. The van der Waals surface area contributed by atoms with E-state index in [2.05, 4.69) is 64.5 Å². The Balaban J connectivity index is 1.62. The van der Waals surface area contributed by atoms with Crippen LogP contribution in [0.3, 0.4) is 0 Å². The van der Waals surface area contributed by atoms with E-state index in [-0.39, 0.29) is 11.3 Å². The van der Waals surface area contributed by atoms with E-state index >= 15 is 0 Å². The Morgan fingerprint density at radius 2 is 1.97 bits per heavy atom. The summed E-state index contributed by atoms with van der Waals surface area (Å²) in [4.78, 5) is 14.9. The zero-order valence-corrected chi connectivity index (χ0v) is 20.9. The first-order chi connectivity index (χ1) is 16.3. The Morgan fingerprint density at radius 3 is 2.71 bits per heavy atom. The second-order valence-electron chi connectivity index (χ2n) is 10.4. The van der Waals surface area contributed by atoms with Crippen molar-refractivity contribution in [3.63, 3.8) is 0 Å². The van der Waals surface area contributed by atoms with E-state index in [1.807, 2.05) is 27.1 Å². The van der Waals surface area contributed by atoms with Gasteiger partial charge in [0.25, 0.3) is 5.91 Å². The zero-order chi connectivity index (χ0) is 24.2. The van der Waals surface area contributed by atoms with E-state index in [1.165, 1.54) is 16.7 Å². The predicted molar refractivity (Wildman–Crippen MR) is 138 cm³/mol. The molecule has 1 amide bonds. The molecule has 4 rings (SSSR count). The normalized spacial score (nSPS) is 25.6. The van der Waals surface area contributed by atoms with Gasteiger partial charge in [0.15, 0.2) is 0 Å². The standard InChI is InChI=1S/C30H38N2O2/c1-4-15-29(34)16-17-30(21-23-9-6-5-7-10-23)26(22-29)13-11-24-20-25(12-14-27(24)30)28(33)31-18-8-19-32(2)3/h5-7,9-10,12,14,20,26,34H,8,11,13,16-19,21-22H2,1-3H3,(H,31,33)/t26-,29-,30+/m1/s1. The van der Waals surface area contributed by atoms with Crippen molar-refractivity contribution in [2.45, 2.75) is 62.9 Å². The number of carbonyl (C=O) groups excluding carboxylic acids is 1. The number of amides is 1. The summed E-state index contributed by atoms with van der Waals surface area (Å²) in [6, 6.07) is 17.0. The first kappa shape index (κ1) is 24.5. The molecule has 0 unspecified atom stereocenters. The highest BCUT2D eigenvalue weighted by atomic mass is 16.3. The van der Waals surface area contributed by atoms with Crippen LogP contribution in [-0.4, -0.2) is 48.7 Å². The van der Waals surface area contributed by atoms with Crippen LogP contribution in [0.2, 0.25) is 0 Å². The Morgan fingerprint density at radius 1 is 1.18 bits per heavy atom. The molecule has 1 fully saturated rings. The second kappa shape index (κ2) is 10.3. The molecule has 34 heavy (non-hydrogen) atoms. The number of nitrogens with zero attached hydrogens (tertiary/aromatic N) is 1. The molecule has 0 aromatic heterocycles. The van der Waals surface area contributed by atoms with Gasteiger partial charge < -0.3 is 15.3 Å². The minimum atomic E-state index is -0.885. The smallest absolute Gasteiger partial charge is 0.251 e. The molecular formula is C30H38N2O2. The van der Waals surface area contributed by atoms with E-state index in [9.17, 15) is 9.90 Å². The molecule has 0 radical (unpaired) electrons. The number of benzene rings is 2. The topological polar surface area (TPSA) is 52.6 Å². The van der Waals surface area contributed by atoms with Crippen molar-refractivity contribution in [3.8, 4) is 11.8 Å². The van der Waals surface area contributed by atoms with Crippen molar-refractivity contribution in [1.29, 1.82) is 0 Å². The van der Waals surface area contributed by atoms with E-state index in [0.717, 1.165) is 44.2 Å². The quantitative estimate of drug-likeness (QED) is 0.479. The highest BCUT2D eigenvalue weighted by molar-refractivity contribution is 5.94. The lowest BCUT2D eigenvalue weighted by molar-refractivity contribution is -0.00801. The van der Waals surface area contributed by atoms with Gasteiger partial charge in [-0.15, -0.1) is 5.92 Å². The van der Waals surface area contributed by atoms with Crippen LogP contribution in [0.1, 0.15) is 66.1 Å². The number of hydrogen-bond acceptors (Lipinski definition) is 3. The molecule has 0 heterocycles. The minimum absolute atomic E-state index is 0.0111. The molecule has 180 valence electrons. The van der Waals surface area contributed by atoms with Gasteiger partial charge in [-0.25, -0.2) is 0 Å². The lowest BCUT2D eigenvalue weighted by Gasteiger charge is -2.52. The van der Waals surface area contributed by atoms with Gasteiger partial charge >= 0.3 is 0 Å². The molecule has 3 atom stereocenters. The van der Waals surface area contributed by atoms with Crippen LogP contribution in [-0.2, 0) is 18.3 Å². The molecule has 2 aliphatic rings. The third-order valence-electron chi connectivity index (χ3n) is 7.80. The van der Waals surface area contributed by atoms with Gasteiger partial charge in [0.1, 0.15) is 5.60 Å². The van der Waals surface area contributed by atoms with Gasteiger partial charge in [-0.3, -0.25) is 4.79 Å². The Hall–Kier alpha value is -2.61. The maximum absolute atomic E-state index is 12.8. The fourth-order valence-electron chi connectivity index (χ4n) is 6.16. The van der Waals surface area contributed by atoms with Crippen LogP contribution in [0.4, 0.5) is 0 Å². The summed E-state index contributed by atoms with van der Waals surface area (Å²) in [6.45, 7) is 3.46. The van der Waals surface area contributed by atoms with E-state index in [0.29, 0.717) is 25.3 Å². The Labute approximate surface area is 204 Å². The number of fused-ring (bicyclic) bond motifs is 3. The lowest BCUT2D eigenvalue weighted by Crippen LogP contribution is -2.51. The molecule has 0 saturated heterocycles. The van der Waals surface area contributed by atoms with Crippen LogP contribution in [0.5, 0.6) is 0 Å². The molecule has 0 spiro atoms.